The average molecular weight is 716 g/mol. The second kappa shape index (κ2) is 15.8. The van der Waals surface area contributed by atoms with Crippen LogP contribution in [0.3, 0.4) is 0 Å². The number of H-pyrrole nitrogens is 1. The maximum absolute atomic E-state index is 14.6. The van der Waals surface area contributed by atoms with E-state index in [-0.39, 0.29) is 44.4 Å². The van der Waals surface area contributed by atoms with Gasteiger partial charge in [-0.05, 0) is 68.9 Å². The highest BCUT2D eigenvalue weighted by Gasteiger charge is 2.45. The molecule has 4 aliphatic rings. The fourth-order valence-corrected chi connectivity index (χ4v) is 6.66. The van der Waals surface area contributed by atoms with Gasteiger partial charge in [-0.25, -0.2) is 0 Å². The van der Waals surface area contributed by atoms with Crippen molar-refractivity contribution in [3.63, 3.8) is 0 Å². The largest absolute Gasteiger partial charge is 0.484 e. The molecule has 6 amide bonds. The van der Waals surface area contributed by atoms with E-state index in [1.165, 1.54) is 18.7 Å². The predicted molar refractivity (Wildman–Crippen MR) is 189 cm³/mol. The van der Waals surface area contributed by atoms with Gasteiger partial charge in [0.25, 0.3) is 5.91 Å². The minimum absolute atomic E-state index is 0.0266. The number of fused-ring (bicyclic) bond motifs is 17. The van der Waals surface area contributed by atoms with Crippen molar-refractivity contribution in [3.05, 3.63) is 65.9 Å². The minimum atomic E-state index is -1.46. The molecule has 7 rings (SSSR count). The third-order valence-corrected chi connectivity index (χ3v) is 9.73. The molecule has 3 aliphatic heterocycles. The second-order valence-corrected chi connectivity index (χ2v) is 13.8. The summed E-state index contributed by atoms with van der Waals surface area (Å²) in [4.78, 5) is 85.3. The summed E-state index contributed by atoms with van der Waals surface area (Å²) in [7, 11) is 0. The molecule has 1 aromatic heterocycles. The zero-order valence-electron chi connectivity index (χ0n) is 29.1. The van der Waals surface area contributed by atoms with Gasteiger partial charge < -0.3 is 46.3 Å². The van der Waals surface area contributed by atoms with Gasteiger partial charge in [-0.15, -0.1) is 0 Å². The van der Waals surface area contributed by atoms with Crippen molar-refractivity contribution in [2.45, 2.75) is 82.3 Å². The summed E-state index contributed by atoms with van der Waals surface area (Å²) in [6.07, 6.45) is 2.52. The van der Waals surface area contributed by atoms with E-state index < -0.39 is 65.8 Å². The van der Waals surface area contributed by atoms with E-state index in [0.29, 0.717) is 12.2 Å². The van der Waals surface area contributed by atoms with Gasteiger partial charge in [0.2, 0.25) is 29.5 Å². The lowest BCUT2D eigenvalue weighted by Crippen LogP contribution is -2.60. The summed E-state index contributed by atoms with van der Waals surface area (Å²) in [5.74, 6) is -2.97. The van der Waals surface area contributed by atoms with E-state index in [4.69, 9.17) is 4.74 Å². The van der Waals surface area contributed by atoms with Gasteiger partial charge in [0.1, 0.15) is 29.9 Å². The number of aliphatic hydroxyl groups excluding tert-OH is 1. The van der Waals surface area contributed by atoms with Gasteiger partial charge in [0.15, 0.2) is 6.61 Å². The molecular weight excluding hydrogens is 670 g/mol. The van der Waals surface area contributed by atoms with Crippen LogP contribution >= 0.6 is 0 Å². The molecule has 276 valence electrons. The summed E-state index contributed by atoms with van der Waals surface area (Å²) < 4.78 is 5.75. The number of hydrogen-bond acceptors (Lipinski definition) is 8. The van der Waals surface area contributed by atoms with Crippen LogP contribution in [0.15, 0.2) is 54.7 Å². The number of ether oxygens (including phenoxy) is 1. The first-order valence-corrected chi connectivity index (χ1v) is 17.7. The van der Waals surface area contributed by atoms with Crippen molar-refractivity contribution < 1.29 is 38.6 Å². The molecule has 1 saturated heterocycles. The summed E-state index contributed by atoms with van der Waals surface area (Å²) in [6, 6.07) is 9.22. The topological polar surface area (TPSA) is 211 Å². The molecule has 0 spiro atoms. The van der Waals surface area contributed by atoms with Gasteiger partial charge in [-0.2, -0.15) is 0 Å². The molecular formula is C37H45N7O8. The lowest BCUT2D eigenvalue weighted by atomic mass is 10.0. The third-order valence-electron chi connectivity index (χ3n) is 9.73. The molecule has 15 nitrogen and oxygen atoms in total. The summed E-state index contributed by atoms with van der Waals surface area (Å²) in [6.45, 7) is 2.68. The molecule has 2 fully saturated rings. The SMILES string of the molecule is C[C@@H]1NC(=O)[C@H]([C@@H](C)O)NC(=O)[C@@H]2C[C@H](NC(=O)C3CC3)CN2C(=O)[C@@H](Cc2c[nH]c3ccccc23)NC(=O)COc2ccc(cc2)CCNC1=O. The third kappa shape index (κ3) is 8.70. The van der Waals surface area contributed by atoms with Crippen molar-refractivity contribution in [2.24, 2.45) is 5.92 Å². The Morgan fingerprint density at radius 2 is 1.73 bits per heavy atom. The van der Waals surface area contributed by atoms with Crippen LogP contribution in [-0.4, -0.2) is 106 Å². The van der Waals surface area contributed by atoms with E-state index >= 15 is 0 Å². The van der Waals surface area contributed by atoms with Gasteiger partial charge in [-0.3, -0.25) is 28.8 Å². The number of nitrogens with one attached hydrogen (secondary N) is 6. The van der Waals surface area contributed by atoms with E-state index in [9.17, 15) is 33.9 Å². The van der Waals surface area contributed by atoms with E-state index in [2.05, 4.69) is 31.6 Å². The zero-order valence-corrected chi connectivity index (χ0v) is 29.1. The molecule has 1 aliphatic carbocycles. The fourth-order valence-electron chi connectivity index (χ4n) is 6.66. The maximum atomic E-state index is 14.6. The molecule has 0 radical (unpaired) electrons. The van der Waals surface area contributed by atoms with Crippen LogP contribution in [0.1, 0.15) is 44.2 Å². The second-order valence-electron chi connectivity index (χ2n) is 13.8. The summed E-state index contributed by atoms with van der Waals surface area (Å²) >= 11 is 0. The van der Waals surface area contributed by atoms with Crippen molar-refractivity contribution in [1.82, 2.24) is 36.5 Å². The molecule has 0 unspecified atom stereocenters. The van der Waals surface area contributed by atoms with Gasteiger partial charge >= 0.3 is 0 Å². The van der Waals surface area contributed by atoms with Crippen LogP contribution in [0.5, 0.6) is 5.75 Å². The number of carbonyl (C=O) groups excluding carboxylic acids is 6. The summed E-state index contributed by atoms with van der Waals surface area (Å²) in [5.41, 5.74) is 2.50. The molecule has 2 bridgehead atoms. The first kappa shape index (κ1) is 36.4. The standard InChI is InChI=1S/C37H45N7O8/c1-20-33(47)38-14-13-22-7-11-26(12-8-22)52-19-31(46)42-29(15-24-17-39-28-6-4-3-5-27(24)28)37(51)44-18-25(41-34(48)23-9-10-23)16-30(44)35(49)43-32(21(2)45)36(50)40-20/h3-8,11-12,17,20-21,23,25,29-30,32,39,45H,9-10,13-16,18-19H2,1-2H3,(H,38,47)(H,40,50)(H,41,48)(H,42,46)(H,43,49)/t20-,21+,25-,29+,30-,32-/m0/s1. The molecule has 3 aromatic rings. The number of rotatable bonds is 5. The Labute approximate surface area is 300 Å². The maximum Gasteiger partial charge on any atom is 0.258 e. The van der Waals surface area contributed by atoms with E-state index in [1.54, 1.807) is 18.3 Å². The first-order valence-electron chi connectivity index (χ1n) is 17.7. The van der Waals surface area contributed by atoms with Crippen LogP contribution < -0.4 is 31.3 Å². The van der Waals surface area contributed by atoms with Gasteiger partial charge in [-0.1, -0.05) is 30.3 Å². The van der Waals surface area contributed by atoms with Crippen LogP contribution in [-0.2, 0) is 41.6 Å². The molecule has 6 atom stereocenters. The van der Waals surface area contributed by atoms with Crippen LogP contribution in [0.25, 0.3) is 10.9 Å². The Balaban J connectivity index is 1.31. The van der Waals surface area contributed by atoms with Crippen molar-refractivity contribution in [3.8, 4) is 5.75 Å². The number of aliphatic hydroxyl groups is 1. The number of carbonyl (C=O) groups is 6. The number of amides is 6. The highest BCUT2D eigenvalue weighted by molar-refractivity contribution is 5.97. The molecule has 7 N–H and O–H groups in total. The Kier molecular flexibility index (Phi) is 11.1. The number of aromatic amines is 1. The van der Waals surface area contributed by atoms with Crippen molar-refractivity contribution >= 4 is 46.3 Å². The fraction of sp³-hybridized carbons (Fsp3) is 0.459. The Bertz CT molecular complexity index is 1820. The predicted octanol–water partition coefficient (Wildman–Crippen LogP) is -0.187. The summed E-state index contributed by atoms with van der Waals surface area (Å²) in [5, 5.41) is 25.1. The molecule has 1 saturated carbocycles. The molecule has 4 heterocycles. The number of nitrogens with zero attached hydrogens (tertiary/aromatic N) is 1. The van der Waals surface area contributed by atoms with Gasteiger partial charge in [0, 0.05) is 48.6 Å². The van der Waals surface area contributed by atoms with Crippen LogP contribution in [0, 0.1) is 5.92 Å². The van der Waals surface area contributed by atoms with Crippen LogP contribution in [0.4, 0.5) is 0 Å². The van der Waals surface area contributed by atoms with Crippen molar-refractivity contribution in [2.75, 3.05) is 19.7 Å². The minimum Gasteiger partial charge on any atom is -0.484 e. The number of para-hydroxylation sites is 1. The highest BCUT2D eigenvalue weighted by Crippen LogP contribution is 2.30. The Morgan fingerprint density at radius 1 is 0.981 bits per heavy atom. The molecule has 2 aromatic carbocycles. The monoisotopic (exact) mass is 715 g/mol. The van der Waals surface area contributed by atoms with Gasteiger partial charge in [0.05, 0.1) is 6.10 Å². The first-order chi connectivity index (χ1) is 25.0. The smallest absolute Gasteiger partial charge is 0.258 e. The van der Waals surface area contributed by atoms with E-state index in [0.717, 1.165) is 34.9 Å². The lowest BCUT2D eigenvalue weighted by molar-refractivity contribution is -0.143. The Hall–Kier alpha value is -5.44. The zero-order chi connectivity index (χ0) is 36.9. The van der Waals surface area contributed by atoms with Crippen LogP contribution in [0.2, 0.25) is 0 Å². The van der Waals surface area contributed by atoms with Crippen molar-refractivity contribution in [1.29, 1.82) is 0 Å². The quantitative estimate of drug-likeness (QED) is 0.176. The lowest BCUT2D eigenvalue weighted by Gasteiger charge is -2.30. The number of aromatic nitrogens is 1. The molecule has 15 heteroatoms. The average Bonchev–Trinajstić information content (AvgIpc) is 3.78. The normalized spacial score (nSPS) is 25.8. The highest BCUT2D eigenvalue weighted by atomic mass is 16.5. The molecule has 52 heavy (non-hydrogen) atoms. The Morgan fingerprint density at radius 3 is 2.46 bits per heavy atom. The number of hydrogen-bond donors (Lipinski definition) is 7. The van der Waals surface area contributed by atoms with E-state index in [1.807, 2.05) is 36.4 Å². The number of benzene rings is 2.